The molecule has 7 nitrogen and oxygen atoms in total. The number of unbranched alkanes of at least 4 members (excludes halogenated alkanes) is 1. The van der Waals surface area contributed by atoms with Crippen molar-refractivity contribution in [3.05, 3.63) is 70.8 Å². The Morgan fingerprint density at radius 2 is 1.81 bits per heavy atom. The third-order valence-corrected chi connectivity index (χ3v) is 6.78. The quantitative estimate of drug-likeness (QED) is 0.230. The van der Waals surface area contributed by atoms with Crippen molar-refractivity contribution < 1.29 is 24.2 Å². The Kier molecular flexibility index (Phi) is 8.78. The number of aryl methyl sites for hydroxylation is 1. The van der Waals surface area contributed by atoms with E-state index in [1.165, 1.54) is 0 Å². The smallest absolute Gasteiger partial charge is 0.295 e. The zero-order valence-electron chi connectivity index (χ0n) is 21.2. The number of carbonyl (C=O) groups is 2. The van der Waals surface area contributed by atoms with E-state index in [-0.39, 0.29) is 11.3 Å². The van der Waals surface area contributed by atoms with Gasteiger partial charge in [0.15, 0.2) is 0 Å². The van der Waals surface area contributed by atoms with Gasteiger partial charge in [-0.15, -0.1) is 0 Å². The number of morpholine rings is 1. The number of ether oxygens (including phenoxy) is 2. The molecule has 0 aromatic heterocycles. The molecule has 1 N–H and O–H groups in total. The van der Waals surface area contributed by atoms with E-state index in [2.05, 4.69) is 11.8 Å². The minimum Gasteiger partial charge on any atom is -0.507 e. The number of hydrogen-bond acceptors (Lipinski definition) is 6. The number of benzene rings is 2. The van der Waals surface area contributed by atoms with Gasteiger partial charge >= 0.3 is 0 Å². The second-order valence-corrected chi connectivity index (χ2v) is 9.44. The Hall–Kier alpha value is -3.16. The van der Waals surface area contributed by atoms with E-state index in [4.69, 9.17) is 9.47 Å². The highest BCUT2D eigenvalue weighted by Gasteiger charge is 2.45. The molecule has 0 radical (unpaired) electrons. The molecule has 1 unspecified atom stereocenters. The Morgan fingerprint density at radius 1 is 1.06 bits per heavy atom. The highest BCUT2D eigenvalue weighted by Crippen LogP contribution is 2.40. The van der Waals surface area contributed by atoms with Crippen molar-refractivity contribution in [3.8, 4) is 5.75 Å². The van der Waals surface area contributed by atoms with Crippen molar-refractivity contribution in [1.82, 2.24) is 9.80 Å². The number of carbonyl (C=O) groups excluding carboxylic acids is 2. The molecule has 192 valence electrons. The van der Waals surface area contributed by atoms with Crippen LogP contribution in [0.5, 0.6) is 5.75 Å². The maximum atomic E-state index is 13.3. The Balaban J connectivity index is 1.64. The first-order chi connectivity index (χ1) is 17.5. The average molecular weight is 493 g/mol. The van der Waals surface area contributed by atoms with Crippen LogP contribution in [0.1, 0.15) is 48.9 Å². The van der Waals surface area contributed by atoms with Gasteiger partial charge in [0.05, 0.1) is 31.4 Å². The van der Waals surface area contributed by atoms with Crippen LogP contribution in [0, 0.1) is 6.92 Å². The first-order valence-corrected chi connectivity index (χ1v) is 12.9. The van der Waals surface area contributed by atoms with E-state index in [9.17, 15) is 14.7 Å². The van der Waals surface area contributed by atoms with Gasteiger partial charge < -0.3 is 19.5 Å². The number of aliphatic hydroxyl groups excluding tert-OH is 1. The normalized spacial score (nSPS) is 20.2. The second kappa shape index (κ2) is 12.2. The fraction of sp³-hybridized carbons (Fsp3) is 0.448. The molecule has 2 saturated heterocycles. The van der Waals surface area contributed by atoms with Crippen LogP contribution in [-0.4, -0.2) is 72.6 Å². The number of likely N-dealkylation sites (tertiary alicyclic amines) is 1. The van der Waals surface area contributed by atoms with Crippen LogP contribution in [0.25, 0.3) is 5.76 Å². The van der Waals surface area contributed by atoms with E-state index in [1.54, 1.807) is 23.1 Å². The number of rotatable bonds is 10. The number of Topliss-reactive ketones (excluding diaryl/α,β-unsaturated/α-hetero) is 1. The Morgan fingerprint density at radius 3 is 2.53 bits per heavy atom. The van der Waals surface area contributed by atoms with Gasteiger partial charge in [-0.25, -0.2) is 0 Å². The topological polar surface area (TPSA) is 79.3 Å². The molecule has 4 rings (SSSR count). The minimum absolute atomic E-state index is 0.126. The molecule has 0 spiro atoms. The minimum atomic E-state index is -0.651. The first kappa shape index (κ1) is 25.9. The van der Waals surface area contributed by atoms with Crippen molar-refractivity contribution in [2.75, 3.05) is 46.0 Å². The van der Waals surface area contributed by atoms with Crippen LogP contribution in [-0.2, 0) is 14.3 Å². The molecule has 2 aliphatic heterocycles. The maximum absolute atomic E-state index is 13.3. The molecule has 2 fully saturated rings. The fourth-order valence-corrected chi connectivity index (χ4v) is 4.72. The van der Waals surface area contributed by atoms with Gasteiger partial charge in [0.2, 0.25) is 0 Å². The van der Waals surface area contributed by atoms with Gasteiger partial charge in [0, 0.05) is 31.7 Å². The predicted octanol–water partition coefficient (Wildman–Crippen LogP) is 4.32. The summed E-state index contributed by atoms with van der Waals surface area (Å²) >= 11 is 0. The van der Waals surface area contributed by atoms with Crippen molar-refractivity contribution in [3.63, 3.8) is 0 Å². The summed E-state index contributed by atoms with van der Waals surface area (Å²) in [5.41, 5.74) is 2.48. The summed E-state index contributed by atoms with van der Waals surface area (Å²) in [7, 11) is 0. The van der Waals surface area contributed by atoms with E-state index in [0.29, 0.717) is 24.5 Å². The average Bonchev–Trinajstić information content (AvgIpc) is 3.15. The third-order valence-electron chi connectivity index (χ3n) is 6.78. The van der Waals surface area contributed by atoms with Crippen LogP contribution in [0.15, 0.2) is 54.1 Å². The van der Waals surface area contributed by atoms with E-state index in [1.807, 2.05) is 37.3 Å². The standard InChI is InChI=1S/C29H36N2O5/c1-3-4-17-36-24-8-5-7-23(20-24)27(32)25-26(22-11-9-21(2)10-12-22)31(29(34)28(25)33)14-6-13-30-15-18-35-19-16-30/h5,7-12,20,26,32H,3-4,6,13-19H2,1-2H3. The van der Waals surface area contributed by atoms with Crippen molar-refractivity contribution in [1.29, 1.82) is 0 Å². The lowest BCUT2D eigenvalue weighted by Crippen LogP contribution is -2.38. The van der Waals surface area contributed by atoms with Gasteiger partial charge in [-0.1, -0.05) is 55.3 Å². The molecular weight excluding hydrogens is 456 g/mol. The molecule has 36 heavy (non-hydrogen) atoms. The van der Waals surface area contributed by atoms with Gasteiger partial charge in [0.25, 0.3) is 11.7 Å². The fourth-order valence-electron chi connectivity index (χ4n) is 4.72. The highest BCUT2D eigenvalue weighted by atomic mass is 16.5. The summed E-state index contributed by atoms with van der Waals surface area (Å²) in [6.07, 6.45) is 2.68. The van der Waals surface area contributed by atoms with E-state index in [0.717, 1.165) is 63.2 Å². The summed E-state index contributed by atoms with van der Waals surface area (Å²) in [4.78, 5) is 30.4. The summed E-state index contributed by atoms with van der Waals surface area (Å²) in [6, 6.07) is 14.2. The molecule has 2 aromatic carbocycles. The Bertz CT molecular complexity index is 1090. The highest BCUT2D eigenvalue weighted by molar-refractivity contribution is 6.46. The van der Waals surface area contributed by atoms with Crippen LogP contribution in [0.3, 0.4) is 0 Å². The monoisotopic (exact) mass is 492 g/mol. The van der Waals surface area contributed by atoms with E-state index < -0.39 is 17.7 Å². The molecular formula is C29H36N2O5. The van der Waals surface area contributed by atoms with Gasteiger partial charge in [-0.3, -0.25) is 14.5 Å². The van der Waals surface area contributed by atoms with Crippen molar-refractivity contribution in [2.24, 2.45) is 0 Å². The van der Waals surface area contributed by atoms with Crippen molar-refractivity contribution in [2.45, 2.75) is 39.2 Å². The maximum Gasteiger partial charge on any atom is 0.295 e. The zero-order chi connectivity index (χ0) is 25.5. The van der Waals surface area contributed by atoms with E-state index >= 15 is 0 Å². The summed E-state index contributed by atoms with van der Waals surface area (Å²) in [5.74, 6) is -0.768. The molecule has 1 amide bonds. The zero-order valence-corrected chi connectivity index (χ0v) is 21.2. The molecule has 2 aromatic rings. The van der Waals surface area contributed by atoms with Gasteiger partial charge in [0.1, 0.15) is 11.5 Å². The van der Waals surface area contributed by atoms with Gasteiger partial charge in [-0.2, -0.15) is 0 Å². The third kappa shape index (κ3) is 5.97. The number of hydrogen-bond donors (Lipinski definition) is 1. The largest absolute Gasteiger partial charge is 0.507 e. The van der Waals surface area contributed by atoms with Crippen LogP contribution >= 0.6 is 0 Å². The molecule has 0 saturated carbocycles. The lowest BCUT2D eigenvalue weighted by molar-refractivity contribution is -0.140. The molecule has 2 aliphatic rings. The van der Waals surface area contributed by atoms with Crippen LogP contribution in [0.4, 0.5) is 0 Å². The summed E-state index contributed by atoms with van der Waals surface area (Å²) in [6.45, 7) is 9.10. The summed E-state index contributed by atoms with van der Waals surface area (Å²) < 4.78 is 11.2. The first-order valence-electron chi connectivity index (χ1n) is 12.9. The molecule has 1 atom stereocenters. The van der Waals surface area contributed by atoms with Gasteiger partial charge in [-0.05, 0) is 37.5 Å². The number of ketones is 1. The molecule has 2 heterocycles. The lowest BCUT2D eigenvalue weighted by atomic mass is 9.94. The Labute approximate surface area is 213 Å². The van der Waals surface area contributed by atoms with Crippen LogP contribution in [0.2, 0.25) is 0 Å². The van der Waals surface area contributed by atoms with Crippen LogP contribution < -0.4 is 4.74 Å². The summed E-state index contributed by atoms with van der Waals surface area (Å²) in [5, 5.41) is 11.3. The van der Waals surface area contributed by atoms with Crippen molar-refractivity contribution >= 4 is 17.4 Å². The molecule has 7 heteroatoms. The predicted molar refractivity (Wildman–Crippen MR) is 139 cm³/mol. The number of aliphatic hydroxyl groups is 1. The number of amides is 1. The lowest BCUT2D eigenvalue weighted by Gasteiger charge is -2.29. The number of nitrogens with zero attached hydrogens (tertiary/aromatic N) is 2. The molecule has 0 bridgehead atoms. The SMILES string of the molecule is CCCCOc1cccc(C(O)=C2C(=O)C(=O)N(CCCN3CCOCC3)C2c2ccc(C)cc2)c1. The molecule has 0 aliphatic carbocycles. The second-order valence-electron chi connectivity index (χ2n) is 9.44.